The highest BCUT2D eigenvalue weighted by Crippen LogP contribution is 2.12. The summed E-state index contributed by atoms with van der Waals surface area (Å²) in [6.45, 7) is 0.833. The number of aryl methyl sites for hydroxylation is 1. The van der Waals surface area contributed by atoms with Crippen molar-refractivity contribution in [1.29, 1.82) is 0 Å². The number of hydrogen-bond acceptors (Lipinski definition) is 4. The van der Waals surface area contributed by atoms with E-state index in [1.165, 1.54) is 5.56 Å². The number of carbonyl (C=O) groups is 3. The molecule has 6 heteroatoms. The minimum Gasteiger partial charge on any atom is -0.480 e. The zero-order valence-electron chi connectivity index (χ0n) is 13.7. The van der Waals surface area contributed by atoms with Crippen LogP contribution in [0.25, 0.3) is 0 Å². The zero-order valence-corrected chi connectivity index (χ0v) is 13.7. The molecule has 1 aliphatic heterocycles. The number of aliphatic carboxylic acids is 1. The van der Waals surface area contributed by atoms with Gasteiger partial charge < -0.3 is 10.0 Å². The zero-order chi connectivity index (χ0) is 17.5. The molecule has 128 valence electrons. The Balaban J connectivity index is 1.79. The first-order valence-electron chi connectivity index (χ1n) is 7.99. The van der Waals surface area contributed by atoms with Crippen LogP contribution < -0.4 is 0 Å². The molecule has 24 heavy (non-hydrogen) atoms. The van der Waals surface area contributed by atoms with Crippen LogP contribution in [0.1, 0.15) is 18.4 Å². The Bertz CT molecular complexity index is 609. The minimum atomic E-state index is -1.17. The van der Waals surface area contributed by atoms with Crippen molar-refractivity contribution in [3.8, 4) is 0 Å². The number of carbonyl (C=O) groups excluding carboxylic acids is 2. The Kier molecular flexibility index (Phi) is 6.26. The van der Waals surface area contributed by atoms with Crippen molar-refractivity contribution in [2.24, 2.45) is 0 Å². The van der Waals surface area contributed by atoms with Crippen LogP contribution in [0.4, 0.5) is 0 Å². The molecule has 0 radical (unpaired) electrons. The van der Waals surface area contributed by atoms with Crippen LogP contribution in [0, 0.1) is 0 Å². The molecule has 1 aromatic rings. The van der Waals surface area contributed by atoms with Gasteiger partial charge in [-0.05, 0) is 38.4 Å². The van der Waals surface area contributed by atoms with E-state index in [2.05, 4.69) is 12.1 Å². The summed E-state index contributed by atoms with van der Waals surface area (Å²) in [7, 11) is 1.80. The van der Waals surface area contributed by atoms with E-state index in [0.717, 1.165) is 36.3 Å². The maximum Gasteiger partial charge on any atom is 0.328 e. The van der Waals surface area contributed by atoms with Gasteiger partial charge in [-0.1, -0.05) is 30.3 Å². The number of likely N-dealkylation sites (N-methyl/N-ethyl adjacent to an activating group) is 1. The molecule has 0 saturated carbocycles. The molecule has 6 nitrogen and oxygen atoms in total. The third-order valence-corrected chi connectivity index (χ3v) is 4.02. The summed E-state index contributed by atoms with van der Waals surface area (Å²) in [6.07, 6.45) is 5.10. The maximum absolute atomic E-state index is 11.7. The highest BCUT2D eigenvalue weighted by Gasteiger charge is 2.36. The summed E-state index contributed by atoms with van der Waals surface area (Å²) in [5.41, 5.74) is 1.28. The van der Waals surface area contributed by atoms with Crippen LogP contribution in [0.5, 0.6) is 0 Å². The third kappa shape index (κ3) is 4.76. The van der Waals surface area contributed by atoms with Crippen LogP contribution in [-0.2, 0) is 20.8 Å². The highest BCUT2D eigenvalue weighted by molar-refractivity contribution is 6.14. The number of rotatable bonds is 9. The van der Waals surface area contributed by atoms with Gasteiger partial charge in [0.05, 0.1) is 0 Å². The molecule has 0 spiro atoms. The van der Waals surface area contributed by atoms with Gasteiger partial charge in [0, 0.05) is 18.7 Å². The largest absolute Gasteiger partial charge is 0.480 e. The number of carboxylic acid groups (broad SMARTS) is 1. The summed E-state index contributed by atoms with van der Waals surface area (Å²) < 4.78 is 0. The van der Waals surface area contributed by atoms with Crippen LogP contribution in [-0.4, -0.2) is 58.9 Å². The molecule has 1 atom stereocenters. The summed E-state index contributed by atoms with van der Waals surface area (Å²) in [5, 5.41) is 9.34. The lowest BCUT2D eigenvalue weighted by Crippen LogP contribution is -2.50. The lowest BCUT2D eigenvalue weighted by molar-refractivity contribution is -0.154. The Labute approximate surface area is 141 Å². The monoisotopic (exact) mass is 330 g/mol. The predicted molar refractivity (Wildman–Crippen MR) is 89.3 cm³/mol. The molecule has 0 fully saturated rings. The van der Waals surface area contributed by atoms with Crippen LogP contribution in [0.2, 0.25) is 0 Å². The van der Waals surface area contributed by atoms with E-state index < -0.39 is 23.8 Å². The number of amides is 2. The molecular weight excluding hydrogens is 308 g/mol. The van der Waals surface area contributed by atoms with E-state index in [9.17, 15) is 19.5 Å². The van der Waals surface area contributed by atoms with Gasteiger partial charge in [0.15, 0.2) is 0 Å². The van der Waals surface area contributed by atoms with Crippen molar-refractivity contribution >= 4 is 17.8 Å². The topological polar surface area (TPSA) is 77.9 Å². The van der Waals surface area contributed by atoms with Gasteiger partial charge in [-0.3, -0.25) is 14.5 Å². The van der Waals surface area contributed by atoms with Gasteiger partial charge in [-0.2, -0.15) is 0 Å². The molecule has 0 saturated heterocycles. The van der Waals surface area contributed by atoms with Crippen LogP contribution >= 0.6 is 0 Å². The number of carboxylic acids is 1. The van der Waals surface area contributed by atoms with E-state index in [-0.39, 0.29) is 6.54 Å². The first-order valence-corrected chi connectivity index (χ1v) is 7.99. The van der Waals surface area contributed by atoms with E-state index in [4.69, 9.17) is 0 Å². The molecule has 1 unspecified atom stereocenters. The molecule has 0 bridgehead atoms. The normalized spacial score (nSPS) is 15.3. The average Bonchev–Trinajstić information content (AvgIpc) is 2.89. The SMILES string of the molecule is CN(CCCCc1ccccc1)CC(C(=O)O)N1C(=O)C=CC1=O. The number of nitrogens with zero attached hydrogens (tertiary/aromatic N) is 2. The first kappa shape index (κ1) is 17.9. The number of unbranched alkanes of at least 4 members (excludes halogenated alkanes) is 1. The van der Waals surface area contributed by atoms with Crippen molar-refractivity contribution < 1.29 is 19.5 Å². The number of imide groups is 1. The fourth-order valence-corrected chi connectivity index (χ4v) is 2.73. The second-order valence-electron chi connectivity index (χ2n) is 5.94. The Morgan fingerprint density at radius 2 is 1.75 bits per heavy atom. The summed E-state index contributed by atoms with van der Waals surface area (Å²) >= 11 is 0. The molecule has 0 aromatic heterocycles. The van der Waals surface area contributed by atoms with Crippen molar-refractivity contribution in [3.05, 3.63) is 48.0 Å². The fourth-order valence-electron chi connectivity index (χ4n) is 2.73. The third-order valence-electron chi connectivity index (χ3n) is 4.02. The second kappa shape index (κ2) is 8.40. The number of benzene rings is 1. The van der Waals surface area contributed by atoms with Gasteiger partial charge in [-0.15, -0.1) is 0 Å². The van der Waals surface area contributed by atoms with Gasteiger partial charge in [0.2, 0.25) is 0 Å². The minimum absolute atomic E-state index is 0.125. The van der Waals surface area contributed by atoms with Gasteiger partial charge >= 0.3 is 5.97 Å². The first-order chi connectivity index (χ1) is 11.5. The van der Waals surface area contributed by atoms with Gasteiger partial charge in [0.1, 0.15) is 6.04 Å². The molecule has 1 aliphatic rings. The second-order valence-corrected chi connectivity index (χ2v) is 5.94. The Morgan fingerprint density at radius 3 is 2.33 bits per heavy atom. The predicted octanol–water partition coefficient (Wildman–Crippen LogP) is 1.32. The van der Waals surface area contributed by atoms with Crippen LogP contribution in [0.3, 0.4) is 0 Å². The summed E-state index contributed by atoms with van der Waals surface area (Å²) in [6, 6.07) is 9.02. The maximum atomic E-state index is 11.7. The van der Waals surface area contributed by atoms with Crippen molar-refractivity contribution in [1.82, 2.24) is 9.80 Å². The molecule has 0 aliphatic carbocycles. The Hall–Kier alpha value is -2.47. The molecular formula is C18H22N2O4. The van der Waals surface area contributed by atoms with Crippen molar-refractivity contribution in [2.75, 3.05) is 20.1 Å². The highest BCUT2D eigenvalue weighted by atomic mass is 16.4. The van der Waals surface area contributed by atoms with Crippen molar-refractivity contribution in [2.45, 2.75) is 25.3 Å². The average molecular weight is 330 g/mol. The molecule has 2 amide bonds. The lowest BCUT2D eigenvalue weighted by Gasteiger charge is -2.27. The van der Waals surface area contributed by atoms with Gasteiger partial charge in [0.25, 0.3) is 11.8 Å². The smallest absolute Gasteiger partial charge is 0.328 e. The number of hydrogen-bond donors (Lipinski definition) is 1. The standard InChI is InChI=1S/C18H22N2O4/c1-19(12-6-5-9-14-7-3-2-4-8-14)13-15(18(23)24)20-16(21)10-11-17(20)22/h2-4,7-8,10-11,15H,5-6,9,12-13H2,1H3,(H,23,24). The van der Waals surface area contributed by atoms with E-state index in [0.29, 0.717) is 6.54 Å². The molecule has 2 rings (SSSR count). The molecule has 1 heterocycles. The van der Waals surface area contributed by atoms with E-state index >= 15 is 0 Å². The lowest BCUT2D eigenvalue weighted by atomic mass is 10.1. The molecule has 1 aromatic carbocycles. The summed E-state index contributed by atoms with van der Waals surface area (Å²) in [5.74, 6) is -2.30. The van der Waals surface area contributed by atoms with E-state index in [1.807, 2.05) is 23.1 Å². The quantitative estimate of drug-likeness (QED) is 0.546. The Morgan fingerprint density at radius 1 is 1.12 bits per heavy atom. The van der Waals surface area contributed by atoms with E-state index in [1.54, 1.807) is 7.05 Å². The van der Waals surface area contributed by atoms with Crippen molar-refractivity contribution in [3.63, 3.8) is 0 Å². The summed E-state index contributed by atoms with van der Waals surface area (Å²) in [4.78, 5) is 37.4. The molecule has 1 N–H and O–H groups in total. The fraction of sp³-hybridized carbons (Fsp3) is 0.389. The van der Waals surface area contributed by atoms with Crippen LogP contribution in [0.15, 0.2) is 42.5 Å². The van der Waals surface area contributed by atoms with Gasteiger partial charge in [-0.25, -0.2) is 4.79 Å².